The molecule has 1 N–H and O–H groups in total. The van der Waals surface area contributed by atoms with Gasteiger partial charge in [0.2, 0.25) is 0 Å². The van der Waals surface area contributed by atoms with Crippen LogP contribution in [0.5, 0.6) is 0 Å². The Balaban J connectivity index is 1.97. The zero-order valence-corrected chi connectivity index (χ0v) is 13.2. The van der Waals surface area contributed by atoms with E-state index in [9.17, 15) is 4.79 Å². The van der Waals surface area contributed by atoms with Gasteiger partial charge in [-0.1, -0.05) is 26.0 Å². The number of thioether (sulfide) groups is 1. The molecule has 1 heterocycles. The molecule has 0 amide bonds. The van der Waals surface area contributed by atoms with E-state index in [2.05, 4.69) is 25.8 Å². The highest BCUT2D eigenvalue weighted by molar-refractivity contribution is 7.99. The van der Waals surface area contributed by atoms with Crippen LogP contribution in [0.1, 0.15) is 36.2 Å². The molecule has 1 atom stereocenters. The van der Waals surface area contributed by atoms with E-state index in [0.717, 1.165) is 6.54 Å². The van der Waals surface area contributed by atoms with Crippen LogP contribution < -0.4 is 0 Å². The summed E-state index contributed by atoms with van der Waals surface area (Å²) in [5.74, 6) is 1.56. The van der Waals surface area contributed by atoms with Crippen LogP contribution >= 0.6 is 11.8 Å². The van der Waals surface area contributed by atoms with E-state index in [1.165, 1.54) is 23.5 Å². The lowest BCUT2D eigenvalue weighted by atomic mass is 9.87. The minimum Gasteiger partial charge on any atom is -0.478 e. The van der Waals surface area contributed by atoms with Crippen molar-refractivity contribution in [3.63, 3.8) is 0 Å². The number of carboxylic acids is 1. The van der Waals surface area contributed by atoms with Crippen LogP contribution in [0.3, 0.4) is 0 Å². The van der Waals surface area contributed by atoms with E-state index >= 15 is 0 Å². The van der Waals surface area contributed by atoms with E-state index in [1.807, 2.05) is 23.9 Å². The molecular weight excluding hydrogens is 270 g/mol. The lowest BCUT2D eigenvalue weighted by molar-refractivity contribution is 0.0697. The van der Waals surface area contributed by atoms with Crippen LogP contribution in [0, 0.1) is 5.41 Å². The van der Waals surface area contributed by atoms with E-state index in [1.54, 1.807) is 12.1 Å². The second-order valence-corrected chi connectivity index (χ2v) is 7.48. The molecule has 0 aliphatic carbocycles. The van der Waals surface area contributed by atoms with Gasteiger partial charge >= 0.3 is 5.97 Å². The van der Waals surface area contributed by atoms with E-state index < -0.39 is 5.97 Å². The lowest BCUT2D eigenvalue weighted by Crippen LogP contribution is -2.41. The van der Waals surface area contributed by atoms with Gasteiger partial charge in [0.1, 0.15) is 0 Å². The second-order valence-electron chi connectivity index (χ2n) is 6.45. The zero-order valence-electron chi connectivity index (χ0n) is 12.4. The van der Waals surface area contributed by atoms with Gasteiger partial charge in [-0.15, -0.1) is 0 Å². The third kappa shape index (κ3) is 4.00. The fourth-order valence-corrected chi connectivity index (χ4v) is 4.11. The Labute approximate surface area is 125 Å². The van der Waals surface area contributed by atoms with Crippen LogP contribution in [-0.2, 0) is 6.54 Å². The minimum atomic E-state index is -0.865. The predicted molar refractivity (Wildman–Crippen MR) is 84.4 cm³/mol. The van der Waals surface area contributed by atoms with Crippen molar-refractivity contribution in [2.24, 2.45) is 5.41 Å². The average molecular weight is 293 g/mol. The van der Waals surface area contributed by atoms with E-state index in [-0.39, 0.29) is 0 Å². The molecule has 0 saturated carbocycles. The summed E-state index contributed by atoms with van der Waals surface area (Å²) in [5, 5.41) is 8.91. The van der Waals surface area contributed by atoms with Crippen molar-refractivity contribution in [2.75, 3.05) is 18.6 Å². The van der Waals surface area contributed by atoms with Crippen molar-refractivity contribution in [1.82, 2.24) is 4.90 Å². The molecule has 1 aliphatic heterocycles. The van der Waals surface area contributed by atoms with Crippen molar-refractivity contribution in [1.29, 1.82) is 0 Å². The van der Waals surface area contributed by atoms with Crippen molar-refractivity contribution in [3.05, 3.63) is 35.4 Å². The van der Waals surface area contributed by atoms with Gasteiger partial charge in [0.15, 0.2) is 0 Å². The number of carbonyl (C=O) groups is 1. The van der Waals surface area contributed by atoms with E-state index in [0.29, 0.717) is 17.0 Å². The van der Waals surface area contributed by atoms with Gasteiger partial charge in [-0.25, -0.2) is 4.79 Å². The monoisotopic (exact) mass is 293 g/mol. The lowest BCUT2D eigenvalue weighted by Gasteiger charge is -2.39. The molecule has 2 rings (SSSR count). The number of benzene rings is 1. The third-order valence-electron chi connectivity index (χ3n) is 3.85. The predicted octanol–water partition coefficient (Wildman–Crippen LogP) is 3.35. The smallest absolute Gasteiger partial charge is 0.335 e. The molecule has 20 heavy (non-hydrogen) atoms. The first-order valence-corrected chi connectivity index (χ1v) is 8.13. The molecule has 1 aromatic carbocycles. The Morgan fingerprint density at radius 3 is 2.60 bits per heavy atom. The molecule has 0 aromatic heterocycles. The van der Waals surface area contributed by atoms with Crippen molar-refractivity contribution in [2.45, 2.75) is 32.9 Å². The Morgan fingerprint density at radius 1 is 1.40 bits per heavy atom. The highest BCUT2D eigenvalue weighted by atomic mass is 32.2. The van der Waals surface area contributed by atoms with Gasteiger partial charge in [-0.05, 0) is 42.3 Å². The highest BCUT2D eigenvalue weighted by Crippen LogP contribution is 2.35. The molecule has 1 unspecified atom stereocenters. The summed E-state index contributed by atoms with van der Waals surface area (Å²) < 4.78 is 0. The molecule has 1 aliphatic rings. The summed E-state index contributed by atoms with van der Waals surface area (Å²) in [6, 6.07) is 7.81. The summed E-state index contributed by atoms with van der Waals surface area (Å²) in [6.07, 6.45) is 1.23. The van der Waals surface area contributed by atoms with Crippen LogP contribution in [0.25, 0.3) is 0 Å². The molecular formula is C16H23NO2S. The molecule has 1 fully saturated rings. The maximum absolute atomic E-state index is 10.8. The first-order chi connectivity index (χ1) is 9.37. The Hall–Kier alpha value is -1.00. The highest BCUT2D eigenvalue weighted by Gasteiger charge is 2.30. The summed E-state index contributed by atoms with van der Waals surface area (Å²) >= 11 is 2.04. The minimum absolute atomic E-state index is 0.353. The summed E-state index contributed by atoms with van der Waals surface area (Å²) in [5.41, 5.74) is 1.94. The Morgan fingerprint density at radius 2 is 2.05 bits per heavy atom. The molecule has 3 nitrogen and oxygen atoms in total. The fourth-order valence-electron chi connectivity index (χ4n) is 2.68. The maximum Gasteiger partial charge on any atom is 0.335 e. The molecule has 1 saturated heterocycles. The normalized spacial score (nSPS) is 21.9. The molecule has 0 radical (unpaired) electrons. The van der Waals surface area contributed by atoms with Gasteiger partial charge in [0, 0.05) is 18.3 Å². The Bertz CT molecular complexity index is 470. The first kappa shape index (κ1) is 15.4. The first-order valence-electron chi connectivity index (χ1n) is 6.98. The SMILES string of the molecule is CN(Cc1ccc(C(=O)O)cc1)C1CSCC(C)(C)C1. The van der Waals surface area contributed by atoms with E-state index in [4.69, 9.17) is 5.11 Å². The number of aromatic carboxylic acids is 1. The number of rotatable bonds is 4. The number of hydrogen-bond donors (Lipinski definition) is 1. The average Bonchev–Trinajstić information content (AvgIpc) is 2.38. The second kappa shape index (κ2) is 6.19. The largest absolute Gasteiger partial charge is 0.478 e. The van der Waals surface area contributed by atoms with Crippen LogP contribution in [-0.4, -0.2) is 40.6 Å². The van der Waals surface area contributed by atoms with Crippen LogP contribution in [0.2, 0.25) is 0 Å². The number of hydrogen-bond acceptors (Lipinski definition) is 3. The van der Waals surface area contributed by atoms with Crippen LogP contribution in [0.15, 0.2) is 24.3 Å². The number of nitrogens with zero attached hydrogens (tertiary/aromatic N) is 1. The van der Waals surface area contributed by atoms with Gasteiger partial charge in [-0.2, -0.15) is 11.8 Å². The van der Waals surface area contributed by atoms with Crippen LogP contribution in [0.4, 0.5) is 0 Å². The quantitative estimate of drug-likeness (QED) is 0.924. The number of carboxylic acid groups (broad SMARTS) is 1. The van der Waals surface area contributed by atoms with Crippen molar-refractivity contribution in [3.8, 4) is 0 Å². The maximum atomic E-state index is 10.8. The third-order valence-corrected chi connectivity index (χ3v) is 5.45. The zero-order chi connectivity index (χ0) is 14.8. The molecule has 4 heteroatoms. The van der Waals surface area contributed by atoms with Gasteiger partial charge < -0.3 is 5.11 Å². The fraction of sp³-hybridized carbons (Fsp3) is 0.562. The topological polar surface area (TPSA) is 40.5 Å². The molecule has 110 valence electrons. The summed E-state index contributed by atoms with van der Waals surface area (Å²) in [4.78, 5) is 13.2. The molecule has 0 spiro atoms. The summed E-state index contributed by atoms with van der Waals surface area (Å²) in [6.45, 7) is 5.55. The van der Waals surface area contributed by atoms with Gasteiger partial charge in [0.25, 0.3) is 0 Å². The molecule has 1 aromatic rings. The Kier molecular flexibility index (Phi) is 4.76. The standard InChI is InChI=1S/C16H23NO2S/c1-16(2)8-14(10-20-11-16)17(3)9-12-4-6-13(7-5-12)15(18)19/h4-7,14H,8-11H2,1-3H3,(H,18,19). The van der Waals surface area contributed by atoms with Gasteiger partial charge in [0.05, 0.1) is 5.56 Å². The van der Waals surface area contributed by atoms with Crippen molar-refractivity contribution < 1.29 is 9.90 Å². The van der Waals surface area contributed by atoms with Gasteiger partial charge in [-0.3, -0.25) is 4.90 Å². The summed E-state index contributed by atoms with van der Waals surface area (Å²) in [7, 11) is 2.16. The molecule has 0 bridgehead atoms. The van der Waals surface area contributed by atoms with Crippen molar-refractivity contribution >= 4 is 17.7 Å².